The quantitative estimate of drug-likeness (QED) is 0.244. The van der Waals surface area contributed by atoms with Gasteiger partial charge in [-0.1, -0.05) is 11.6 Å². The molecule has 2 aliphatic heterocycles. The molecule has 0 N–H and O–H groups in total. The van der Waals surface area contributed by atoms with Crippen molar-refractivity contribution in [2.24, 2.45) is 0 Å². The highest BCUT2D eigenvalue weighted by molar-refractivity contribution is 14.1. The number of rotatable bonds is 7. The van der Waals surface area contributed by atoms with Gasteiger partial charge in [-0.05, 0) is 95.2 Å². The Kier molecular flexibility index (Phi) is 8.17. The summed E-state index contributed by atoms with van der Waals surface area (Å²) in [6.07, 6.45) is 3.32. The Morgan fingerprint density at radius 3 is 2.47 bits per heavy atom. The summed E-state index contributed by atoms with van der Waals surface area (Å²) in [5.41, 5.74) is 0.490. The van der Waals surface area contributed by atoms with Crippen LogP contribution < -0.4 is 8.92 Å². The number of benzene rings is 2. The highest BCUT2D eigenvalue weighted by atomic mass is 127. The molecule has 36 heavy (non-hydrogen) atoms. The number of halogens is 2. The van der Waals surface area contributed by atoms with E-state index in [0.29, 0.717) is 27.2 Å². The minimum Gasteiger partial charge on any atom is -0.493 e. The lowest BCUT2D eigenvalue weighted by Gasteiger charge is -2.18. The van der Waals surface area contributed by atoms with Gasteiger partial charge in [0.05, 0.1) is 15.6 Å². The Morgan fingerprint density at radius 2 is 1.83 bits per heavy atom. The average molecular weight is 663 g/mol. The second kappa shape index (κ2) is 11.0. The van der Waals surface area contributed by atoms with Crippen molar-refractivity contribution in [3.05, 3.63) is 55.5 Å². The zero-order valence-electron chi connectivity index (χ0n) is 18.9. The van der Waals surface area contributed by atoms with Gasteiger partial charge in [-0.25, -0.2) is 0 Å². The maximum atomic E-state index is 12.8. The summed E-state index contributed by atoms with van der Waals surface area (Å²) >= 11 is 8.47. The van der Waals surface area contributed by atoms with Gasteiger partial charge in [-0.3, -0.25) is 19.3 Å². The maximum Gasteiger partial charge on any atom is 0.339 e. The number of carbonyl (C=O) groups is 3. The Bertz CT molecular complexity index is 1360. The number of thioether (sulfide) groups is 1. The van der Waals surface area contributed by atoms with Crippen LogP contribution in [-0.4, -0.2) is 62.0 Å². The summed E-state index contributed by atoms with van der Waals surface area (Å²) in [7, 11) is -2.81. The summed E-state index contributed by atoms with van der Waals surface area (Å²) in [6.45, 7) is 0.967. The zero-order chi connectivity index (χ0) is 26.0. The lowest BCUT2D eigenvalue weighted by molar-refractivity contribution is -0.135. The molecule has 0 aromatic heterocycles. The third-order valence-electron chi connectivity index (χ3n) is 5.47. The van der Waals surface area contributed by atoms with E-state index < -0.39 is 21.3 Å². The van der Waals surface area contributed by atoms with Crippen LogP contribution >= 0.6 is 46.0 Å². The van der Waals surface area contributed by atoms with Gasteiger partial charge >= 0.3 is 10.1 Å². The van der Waals surface area contributed by atoms with Crippen LogP contribution in [0.2, 0.25) is 5.02 Å². The Balaban J connectivity index is 1.56. The summed E-state index contributed by atoms with van der Waals surface area (Å²) in [6, 6.07) is 8.63. The number of hydrogen-bond donors (Lipinski definition) is 0. The van der Waals surface area contributed by atoms with E-state index in [2.05, 4.69) is 0 Å². The standard InChI is InChI=1S/C23H20ClIN2O7S2/c1-33-18-11-14(10-17(25)21(18)34-36(31,32)16-6-4-15(24)5-7-16)12-19-22(29)27(23(30)35-19)13-20(28)26-8-2-3-9-26/h4-7,10-12H,2-3,8-9,13H2,1H3/b19-12-. The molecule has 2 aromatic rings. The molecule has 2 heterocycles. The molecule has 0 aliphatic carbocycles. The van der Waals surface area contributed by atoms with Gasteiger partial charge in [0.1, 0.15) is 11.4 Å². The highest BCUT2D eigenvalue weighted by Gasteiger charge is 2.37. The number of carbonyl (C=O) groups excluding carboxylic acids is 3. The van der Waals surface area contributed by atoms with Crippen molar-refractivity contribution in [2.45, 2.75) is 17.7 Å². The summed E-state index contributed by atoms with van der Waals surface area (Å²) < 4.78 is 36.6. The van der Waals surface area contributed by atoms with E-state index in [1.165, 1.54) is 43.5 Å². The molecule has 0 saturated carbocycles. The molecular weight excluding hydrogens is 643 g/mol. The van der Waals surface area contributed by atoms with Crippen LogP contribution in [-0.2, 0) is 19.7 Å². The van der Waals surface area contributed by atoms with Crippen molar-refractivity contribution in [2.75, 3.05) is 26.7 Å². The first-order valence-corrected chi connectivity index (χ1v) is 14.4. The van der Waals surface area contributed by atoms with Gasteiger partial charge in [0.15, 0.2) is 11.5 Å². The Morgan fingerprint density at radius 1 is 1.17 bits per heavy atom. The molecule has 9 nitrogen and oxygen atoms in total. The molecule has 0 radical (unpaired) electrons. The SMILES string of the molecule is COc1cc(/C=C2\SC(=O)N(CC(=O)N3CCCC3)C2=O)cc(I)c1OS(=O)(=O)c1ccc(Cl)cc1. The lowest BCUT2D eigenvalue weighted by Crippen LogP contribution is -2.40. The molecule has 4 rings (SSSR count). The van der Waals surface area contributed by atoms with Crippen molar-refractivity contribution in [3.8, 4) is 11.5 Å². The van der Waals surface area contributed by atoms with Gasteiger partial charge in [0.25, 0.3) is 11.1 Å². The molecule has 3 amide bonds. The number of amides is 3. The summed E-state index contributed by atoms with van der Waals surface area (Å²) in [4.78, 5) is 40.4. The molecule has 0 bridgehead atoms. The minimum absolute atomic E-state index is 0.0190. The molecule has 13 heteroatoms. The topological polar surface area (TPSA) is 110 Å². The fourth-order valence-electron chi connectivity index (χ4n) is 3.65. The van der Waals surface area contributed by atoms with E-state index in [1.807, 2.05) is 22.6 Å². The number of imide groups is 1. The lowest BCUT2D eigenvalue weighted by atomic mass is 10.2. The largest absolute Gasteiger partial charge is 0.493 e. The molecular formula is C23H20ClIN2O7S2. The summed E-state index contributed by atoms with van der Waals surface area (Å²) in [5.74, 6) is -0.712. The molecule has 0 spiro atoms. The predicted octanol–water partition coefficient (Wildman–Crippen LogP) is 4.38. The van der Waals surface area contributed by atoms with E-state index in [-0.39, 0.29) is 33.8 Å². The molecule has 2 aliphatic rings. The molecule has 2 fully saturated rings. The van der Waals surface area contributed by atoms with Crippen molar-refractivity contribution >= 4 is 79.2 Å². The fraction of sp³-hybridized carbons (Fsp3) is 0.261. The van der Waals surface area contributed by atoms with E-state index in [4.69, 9.17) is 20.5 Å². The molecule has 190 valence electrons. The molecule has 2 aromatic carbocycles. The fourth-order valence-corrected chi connectivity index (χ4v) is 6.46. The smallest absolute Gasteiger partial charge is 0.339 e. The zero-order valence-corrected chi connectivity index (χ0v) is 23.4. The number of likely N-dealkylation sites (tertiary alicyclic amines) is 1. The first-order chi connectivity index (χ1) is 17.1. The monoisotopic (exact) mass is 662 g/mol. The predicted molar refractivity (Wildman–Crippen MR) is 143 cm³/mol. The van der Waals surface area contributed by atoms with Gasteiger partial charge in [0.2, 0.25) is 5.91 Å². The van der Waals surface area contributed by atoms with E-state index in [9.17, 15) is 22.8 Å². The number of nitrogens with zero attached hydrogens (tertiary/aromatic N) is 2. The average Bonchev–Trinajstić information content (AvgIpc) is 3.46. The van der Waals surface area contributed by atoms with Crippen LogP contribution in [0.1, 0.15) is 18.4 Å². The third-order valence-corrected chi connectivity index (χ3v) is 8.67. The van der Waals surface area contributed by atoms with Gasteiger partial charge in [0, 0.05) is 18.1 Å². The van der Waals surface area contributed by atoms with E-state index >= 15 is 0 Å². The Labute approximate surface area is 231 Å². The highest BCUT2D eigenvalue weighted by Crippen LogP contribution is 2.38. The minimum atomic E-state index is -4.17. The molecule has 2 saturated heterocycles. The maximum absolute atomic E-state index is 12.8. The van der Waals surface area contributed by atoms with Gasteiger partial charge in [-0.15, -0.1) is 0 Å². The normalized spacial score (nSPS) is 17.2. The van der Waals surface area contributed by atoms with Crippen LogP contribution in [0.4, 0.5) is 4.79 Å². The van der Waals surface area contributed by atoms with E-state index in [0.717, 1.165) is 29.5 Å². The van der Waals surface area contributed by atoms with Crippen LogP contribution in [0.15, 0.2) is 46.2 Å². The number of ether oxygens (including phenoxy) is 1. The van der Waals surface area contributed by atoms with Crippen LogP contribution in [0.25, 0.3) is 6.08 Å². The van der Waals surface area contributed by atoms with Crippen molar-refractivity contribution < 1.29 is 31.7 Å². The van der Waals surface area contributed by atoms with Crippen LogP contribution in [0.3, 0.4) is 0 Å². The number of methoxy groups -OCH3 is 1. The first kappa shape index (κ1) is 26.8. The van der Waals surface area contributed by atoms with Crippen LogP contribution in [0.5, 0.6) is 11.5 Å². The van der Waals surface area contributed by atoms with Crippen molar-refractivity contribution in [1.29, 1.82) is 0 Å². The van der Waals surface area contributed by atoms with E-state index in [1.54, 1.807) is 11.0 Å². The molecule has 0 unspecified atom stereocenters. The number of hydrogen-bond acceptors (Lipinski definition) is 8. The van der Waals surface area contributed by atoms with Crippen LogP contribution in [0, 0.1) is 3.57 Å². The molecule has 0 atom stereocenters. The summed E-state index contributed by atoms with van der Waals surface area (Å²) in [5, 5.41) is -0.134. The van der Waals surface area contributed by atoms with Gasteiger partial charge < -0.3 is 13.8 Å². The third kappa shape index (κ3) is 5.82. The first-order valence-electron chi connectivity index (χ1n) is 10.7. The second-order valence-electron chi connectivity index (χ2n) is 7.88. The van der Waals surface area contributed by atoms with Crippen molar-refractivity contribution in [1.82, 2.24) is 9.80 Å². The Hall–Kier alpha value is -2.29. The van der Waals surface area contributed by atoms with Crippen molar-refractivity contribution in [3.63, 3.8) is 0 Å². The second-order valence-corrected chi connectivity index (χ2v) is 12.0. The van der Waals surface area contributed by atoms with Gasteiger partial charge in [-0.2, -0.15) is 8.42 Å².